The summed E-state index contributed by atoms with van der Waals surface area (Å²) in [6.45, 7) is 7.73. The summed E-state index contributed by atoms with van der Waals surface area (Å²) in [5.74, 6) is 12.6. The van der Waals surface area contributed by atoms with Crippen LogP contribution in [0.4, 0.5) is 0 Å². The fourth-order valence-corrected chi connectivity index (χ4v) is 2.79. The molecule has 0 aliphatic carbocycles. The van der Waals surface area contributed by atoms with Gasteiger partial charge in [0.25, 0.3) is 0 Å². The number of rotatable bonds is 6. The topological polar surface area (TPSA) is 26.3 Å². The van der Waals surface area contributed by atoms with Crippen LogP contribution in [0.25, 0.3) is 0 Å². The molecule has 0 radical (unpaired) electrons. The van der Waals surface area contributed by atoms with Crippen molar-refractivity contribution in [1.82, 2.24) is 0 Å². The third-order valence-corrected chi connectivity index (χ3v) is 4.59. The molecule has 0 heterocycles. The van der Waals surface area contributed by atoms with E-state index >= 15 is 0 Å². The summed E-state index contributed by atoms with van der Waals surface area (Å²) in [4.78, 5) is 12.6. The summed E-state index contributed by atoms with van der Waals surface area (Å²) in [6.07, 6.45) is 3.92. The van der Waals surface area contributed by atoms with Crippen LogP contribution in [0.2, 0.25) is 0 Å². The first-order chi connectivity index (χ1) is 14.4. The second-order valence-corrected chi connectivity index (χ2v) is 8.33. The molecule has 0 bridgehead atoms. The zero-order valence-corrected chi connectivity index (χ0v) is 18.6. The molecule has 1 unspecified atom stereocenters. The fraction of sp³-hybridized carbons (Fsp3) is 0.393. The molecule has 0 fully saturated rings. The van der Waals surface area contributed by atoms with E-state index < -0.39 is 11.5 Å². The van der Waals surface area contributed by atoms with Gasteiger partial charge in [0.05, 0.1) is 5.41 Å². The van der Waals surface area contributed by atoms with Crippen LogP contribution in [0.3, 0.4) is 0 Å². The van der Waals surface area contributed by atoms with Crippen LogP contribution in [0, 0.1) is 29.1 Å². The Balaban J connectivity index is 2.19. The molecule has 0 spiro atoms. The van der Waals surface area contributed by atoms with Gasteiger partial charge in [-0.1, -0.05) is 79.5 Å². The molecule has 0 N–H and O–H groups in total. The van der Waals surface area contributed by atoms with Gasteiger partial charge in [0.2, 0.25) is 0 Å². The summed E-state index contributed by atoms with van der Waals surface area (Å²) < 4.78 is 5.85. The minimum atomic E-state index is -0.570. The Morgan fingerprint density at radius 2 is 1.67 bits per heavy atom. The van der Waals surface area contributed by atoms with Crippen LogP contribution in [-0.2, 0) is 16.0 Å². The van der Waals surface area contributed by atoms with Crippen molar-refractivity contribution in [2.75, 3.05) is 0 Å². The largest absolute Gasteiger partial charge is 0.444 e. The Morgan fingerprint density at radius 1 is 0.967 bits per heavy atom. The molecule has 2 nitrogen and oxygen atoms in total. The Kier molecular flexibility index (Phi) is 9.24. The number of aryl methyl sites for hydroxylation is 1. The number of hydrogen-bond acceptors (Lipinski definition) is 2. The van der Waals surface area contributed by atoms with E-state index in [1.54, 1.807) is 0 Å². The van der Waals surface area contributed by atoms with E-state index in [1.165, 1.54) is 0 Å². The number of carbonyl (C=O) groups is 1. The molecule has 0 saturated heterocycles. The molecule has 156 valence electrons. The van der Waals surface area contributed by atoms with E-state index in [0.717, 1.165) is 48.8 Å². The Morgan fingerprint density at radius 3 is 2.37 bits per heavy atom. The van der Waals surface area contributed by atoms with E-state index in [2.05, 4.69) is 36.7 Å². The maximum atomic E-state index is 12.6. The lowest BCUT2D eigenvalue weighted by Gasteiger charge is -2.22. The van der Waals surface area contributed by atoms with Gasteiger partial charge in [0.1, 0.15) is 0 Å². The van der Waals surface area contributed by atoms with Gasteiger partial charge in [-0.25, -0.2) is 0 Å². The third kappa shape index (κ3) is 7.81. The van der Waals surface area contributed by atoms with Crippen molar-refractivity contribution in [2.45, 2.75) is 65.9 Å². The van der Waals surface area contributed by atoms with Crippen LogP contribution in [-0.4, -0.2) is 5.97 Å². The Hall–Kier alpha value is -2.97. The number of benzene rings is 2. The SMILES string of the molecule is CCCCC#CC(OC(=O)C(C)(C)C)c1ccccc1CCC#Cc1ccccc1. The minimum Gasteiger partial charge on any atom is -0.444 e. The minimum absolute atomic E-state index is 0.240. The van der Waals surface area contributed by atoms with Crippen LogP contribution in [0.5, 0.6) is 0 Å². The highest BCUT2D eigenvalue weighted by Crippen LogP contribution is 2.26. The maximum Gasteiger partial charge on any atom is 0.312 e. The molecular weight excluding hydrogens is 368 g/mol. The number of hydrogen-bond donors (Lipinski definition) is 0. The van der Waals surface area contributed by atoms with Gasteiger partial charge in [-0.15, -0.1) is 0 Å². The predicted octanol–water partition coefficient (Wildman–Crippen LogP) is 6.49. The molecule has 2 heteroatoms. The number of carbonyl (C=O) groups excluding carboxylic acids is 1. The second kappa shape index (κ2) is 11.9. The van der Waals surface area contributed by atoms with Gasteiger partial charge >= 0.3 is 5.97 Å². The van der Waals surface area contributed by atoms with Gasteiger partial charge < -0.3 is 4.74 Å². The van der Waals surface area contributed by atoms with Crippen molar-refractivity contribution >= 4 is 5.97 Å². The summed E-state index contributed by atoms with van der Waals surface area (Å²) in [5, 5.41) is 0. The molecule has 0 aliphatic rings. The van der Waals surface area contributed by atoms with E-state index in [0.29, 0.717) is 0 Å². The molecule has 30 heavy (non-hydrogen) atoms. The van der Waals surface area contributed by atoms with Crippen LogP contribution >= 0.6 is 0 Å². The van der Waals surface area contributed by atoms with Crippen LogP contribution in [0.15, 0.2) is 54.6 Å². The highest BCUT2D eigenvalue weighted by molar-refractivity contribution is 5.76. The highest BCUT2D eigenvalue weighted by Gasteiger charge is 2.27. The second-order valence-electron chi connectivity index (χ2n) is 8.33. The lowest BCUT2D eigenvalue weighted by molar-refractivity contribution is -0.156. The van der Waals surface area contributed by atoms with Crippen molar-refractivity contribution in [3.8, 4) is 23.7 Å². The molecule has 0 aliphatic heterocycles. The Labute approximate surface area is 182 Å². The maximum absolute atomic E-state index is 12.6. The quantitative estimate of drug-likeness (QED) is 0.314. The van der Waals surface area contributed by atoms with Crippen molar-refractivity contribution in [3.63, 3.8) is 0 Å². The fourth-order valence-electron chi connectivity index (χ4n) is 2.79. The summed E-state index contributed by atoms with van der Waals surface area (Å²) in [7, 11) is 0. The van der Waals surface area contributed by atoms with E-state index in [1.807, 2.05) is 69.3 Å². The van der Waals surface area contributed by atoms with Gasteiger partial charge in [-0.2, -0.15) is 0 Å². The van der Waals surface area contributed by atoms with Crippen molar-refractivity contribution in [1.29, 1.82) is 0 Å². The zero-order valence-electron chi connectivity index (χ0n) is 18.6. The average molecular weight is 401 g/mol. The number of ether oxygens (including phenoxy) is 1. The van der Waals surface area contributed by atoms with E-state index in [4.69, 9.17) is 4.74 Å². The van der Waals surface area contributed by atoms with Gasteiger partial charge in [0.15, 0.2) is 6.10 Å². The predicted molar refractivity (Wildman–Crippen MR) is 124 cm³/mol. The summed E-state index contributed by atoms with van der Waals surface area (Å²) in [5.41, 5.74) is 2.53. The first-order valence-corrected chi connectivity index (χ1v) is 10.7. The average Bonchev–Trinajstić information content (AvgIpc) is 2.73. The molecule has 0 aromatic heterocycles. The smallest absolute Gasteiger partial charge is 0.312 e. The zero-order chi connectivity index (χ0) is 21.8. The normalized spacial score (nSPS) is 11.5. The highest BCUT2D eigenvalue weighted by atomic mass is 16.5. The molecular formula is C28H32O2. The molecule has 2 aromatic rings. The lowest BCUT2D eigenvalue weighted by atomic mass is 9.96. The Bertz CT molecular complexity index is 928. The van der Waals surface area contributed by atoms with E-state index in [9.17, 15) is 4.79 Å². The summed E-state index contributed by atoms with van der Waals surface area (Å²) in [6, 6.07) is 18.1. The van der Waals surface area contributed by atoms with Crippen molar-refractivity contribution < 1.29 is 9.53 Å². The van der Waals surface area contributed by atoms with Gasteiger partial charge in [-0.05, 0) is 51.3 Å². The van der Waals surface area contributed by atoms with Crippen molar-refractivity contribution in [3.05, 3.63) is 71.3 Å². The van der Waals surface area contributed by atoms with E-state index in [-0.39, 0.29) is 5.97 Å². The summed E-state index contributed by atoms with van der Waals surface area (Å²) >= 11 is 0. The molecule has 1 atom stereocenters. The third-order valence-electron chi connectivity index (χ3n) is 4.59. The van der Waals surface area contributed by atoms with Crippen LogP contribution in [0.1, 0.15) is 76.2 Å². The first kappa shape index (κ1) is 23.3. The number of unbranched alkanes of at least 4 members (excludes halogenated alkanes) is 2. The molecule has 2 aromatic carbocycles. The number of esters is 1. The first-order valence-electron chi connectivity index (χ1n) is 10.7. The van der Waals surface area contributed by atoms with Crippen molar-refractivity contribution in [2.24, 2.45) is 5.41 Å². The lowest BCUT2D eigenvalue weighted by Crippen LogP contribution is -2.25. The molecule has 2 rings (SSSR count). The molecule has 0 amide bonds. The van der Waals surface area contributed by atoms with Crippen LogP contribution < -0.4 is 0 Å². The van der Waals surface area contributed by atoms with Gasteiger partial charge in [0, 0.05) is 24.0 Å². The standard InChI is InChI=1S/C28H32O2/c1-5-6-7-11-22-26(30-27(29)28(2,3)4)25-21-15-14-20-24(25)19-13-12-18-23-16-9-8-10-17-23/h8-10,14-17,20-21,26H,5-7,13,19H2,1-4H3. The molecule has 0 saturated carbocycles. The monoisotopic (exact) mass is 400 g/mol. The van der Waals surface area contributed by atoms with Gasteiger partial charge in [-0.3, -0.25) is 4.79 Å².